The predicted molar refractivity (Wildman–Crippen MR) is 96.4 cm³/mol. The van der Waals surface area contributed by atoms with Crippen LogP contribution in [0.5, 0.6) is 0 Å². The van der Waals surface area contributed by atoms with Gasteiger partial charge in [0, 0.05) is 18.5 Å². The zero-order chi connectivity index (χ0) is 17.8. The molecule has 1 aliphatic heterocycles. The first-order valence-corrected chi connectivity index (χ1v) is 9.52. The molecular formula is C19H29N3O3. The van der Waals surface area contributed by atoms with Crippen LogP contribution in [-0.4, -0.2) is 40.0 Å². The van der Waals surface area contributed by atoms with E-state index < -0.39 is 6.23 Å². The topological polar surface area (TPSA) is 69.8 Å². The number of nitrogens with zero attached hydrogens (tertiary/aromatic N) is 3. The number of carbonyl (C=O) groups excluding carboxylic acids is 1. The van der Waals surface area contributed by atoms with Crippen LogP contribution in [-0.2, 0) is 0 Å². The van der Waals surface area contributed by atoms with Crippen molar-refractivity contribution in [3.8, 4) is 0 Å². The number of carbonyl (C=O) groups is 1. The van der Waals surface area contributed by atoms with Crippen molar-refractivity contribution in [1.29, 1.82) is 0 Å². The van der Waals surface area contributed by atoms with E-state index in [1.165, 1.54) is 24.2 Å². The molecule has 138 valence electrons. The number of amides is 2. The molecule has 3 rings (SSSR count). The summed E-state index contributed by atoms with van der Waals surface area (Å²) in [6.45, 7) is 6.26. The summed E-state index contributed by atoms with van der Waals surface area (Å²) in [5, 5.41) is 15.0. The molecule has 1 N–H and O–H groups in total. The predicted octanol–water partition coefficient (Wildman–Crippen LogP) is 4.03. The van der Waals surface area contributed by atoms with Gasteiger partial charge in [-0.05, 0) is 19.3 Å². The van der Waals surface area contributed by atoms with E-state index in [4.69, 9.17) is 4.52 Å². The van der Waals surface area contributed by atoms with Crippen LogP contribution in [0.25, 0.3) is 0 Å². The molecule has 2 amide bonds. The average molecular weight is 347 g/mol. The lowest BCUT2D eigenvalue weighted by atomic mass is 9.87. The molecule has 0 aromatic carbocycles. The molecule has 6 nitrogen and oxygen atoms in total. The highest BCUT2D eigenvalue weighted by molar-refractivity contribution is 5.94. The van der Waals surface area contributed by atoms with Crippen LogP contribution < -0.4 is 4.90 Å². The lowest BCUT2D eigenvalue weighted by Crippen LogP contribution is -2.37. The molecule has 1 aromatic heterocycles. The number of aliphatic hydroxyl groups excluding tert-OH is 1. The van der Waals surface area contributed by atoms with Gasteiger partial charge < -0.3 is 14.5 Å². The molecule has 2 heterocycles. The standard InChI is InChI=1S/C19H29N3O3/c1-3-5-11-16-18(23)22(19(24)21(16)12-4-2)17-13-15(20-25-17)14-9-7-6-8-10-14/h4,13-14,16,18,23H,2-3,5-12H2,1H3. The van der Waals surface area contributed by atoms with Crippen molar-refractivity contribution in [3.05, 3.63) is 24.4 Å². The van der Waals surface area contributed by atoms with Gasteiger partial charge >= 0.3 is 6.03 Å². The maximum atomic E-state index is 12.8. The van der Waals surface area contributed by atoms with Crippen molar-refractivity contribution >= 4 is 11.9 Å². The number of rotatable bonds is 7. The summed E-state index contributed by atoms with van der Waals surface area (Å²) >= 11 is 0. The van der Waals surface area contributed by atoms with Crippen LogP contribution in [0.2, 0.25) is 0 Å². The SMILES string of the molecule is C=CCN1C(=O)N(c2cc(C3CCCCC3)no2)C(O)C1CCCC. The van der Waals surface area contributed by atoms with E-state index in [0.717, 1.165) is 37.8 Å². The molecule has 2 aliphatic rings. The molecular weight excluding hydrogens is 318 g/mol. The highest BCUT2D eigenvalue weighted by atomic mass is 16.5. The zero-order valence-corrected chi connectivity index (χ0v) is 15.1. The molecule has 1 aliphatic carbocycles. The highest BCUT2D eigenvalue weighted by Gasteiger charge is 2.46. The Kier molecular flexibility index (Phi) is 5.78. The molecule has 1 saturated carbocycles. The minimum Gasteiger partial charge on any atom is -0.371 e. The maximum Gasteiger partial charge on any atom is 0.329 e. The van der Waals surface area contributed by atoms with Gasteiger partial charge in [0.05, 0.1) is 11.7 Å². The van der Waals surface area contributed by atoms with Gasteiger partial charge in [0.2, 0.25) is 5.88 Å². The molecule has 25 heavy (non-hydrogen) atoms. The third kappa shape index (κ3) is 3.59. The largest absolute Gasteiger partial charge is 0.371 e. The molecule has 0 radical (unpaired) electrons. The summed E-state index contributed by atoms with van der Waals surface area (Å²) in [6, 6.07) is 1.36. The normalized spacial score (nSPS) is 25.0. The lowest BCUT2D eigenvalue weighted by Gasteiger charge is -2.22. The Hall–Kier alpha value is -1.82. The Morgan fingerprint density at radius 1 is 1.40 bits per heavy atom. The van der Waals surface area contributed by atoms with Crippen molar-refractivity contribution in [2.45, 2.75) is 76.5 Å². The summed E-state index contributed by atoms with van der Waals surface area (Å²) in [6.07, 6.45) is 9.46. The third-order valence-electron chi connectivity index (χ3n) is 5.42. The van der Waals surface area contributed by atoms with Crippen LogP contribution in [0.1, 0.15) is 69.9 Å². The van der Waals surface area contributed by atoms with E-state index in [9.17, 15) is 9.90 Å². The number of unbranched alkanes of at least 4 members (excludes halogenated alkanes) is 1. The Balaban J connectivity index is 1.79. The maximum absolute atomic E-state index is 12.8. The molecule has 0 bridgehead atoms. The van der Waals surface area contributed by atoms with Gasteiger partial charge in [0.15, 0.2) is 6.23 Å². The first-order chi connectivity index (χ1) is 12.2. The van der Waals surface area contributed by atoms with Crippen molar-refractivity contribution in [1.82, 2.24) is 10.1 Å². The summed E-state index contributed by atoms with van der Waals surface area (Å²) in [5.41, 5.74) is 0.905. The second kappa shape index (κ2) is 8.04. The minimum absolute atomic E-state index is 0.236. The molecule has 2 fully saturated rings. The second-order valence-electron chi connectivity index (χ2n) is 7.14. The highest BCUT2D eigenvalue weighted by Crippen LogP contribution is 2.36. The van der Waals surface area contributed by atoms with Gasteiger partial charge in [-0.25, -0.2) is 9.69 Å². The first-order valence-electron chi connectivity index (χ1n) is 9.52. The van der Waals surface area contributed by atoms with Gasteiger partial charge in [-0.15, -0.1) is 6.58 Å². The molecule has 2 atom stereocenters. The van der Waals surface area contributed by atoms with Gasteiger partial charge in [0.1, 0.15) is 0 Å². The van der Waals surface area contributed by atoms with Crippen LogP contribution >= 0.6 is 0 Å². The Labute approximate surface area is 149 Å². The van der Waals surface area contributed by atoms with Crippen molar-refractivity contribution in [3.63, 3.8) is 0 Å². The molecule has 0 spiro atoms. The Morgan fingerprint density at radius 2 is 2.16 bits per heavy atom. The molecule has 1 aromatic rings. The minimum atomic E-state index is -0.911. The van der Waals surface area contributed by atoms with Crippen LogP contribution in [0.3, 0.4) is 0 Å². The van der Waals surface area contributed by atoms with Gasteiger partial charge in [-0.2, -0.15) is 0 Å². The summed E-state index contributed by atoms with van der Waals surface area (Å²) in [4.78, 5) is 15.8. The first kappa shape index (κ1) is 18.0. The molecule has 2 unspecified atom stereocenters. The molecule has 6 heteroatoms. The van der Waals surface area contributed by atoms with E-state index in [1.54, 1.807) is 11.0 Å². The molecule has 1 saturated heterocycles. The van der Waals surface area contributed by atoms with E-state index in [2.05, 4.69) is 18.7 Å². The second-order valence-corrected chi connectivity index (χ2v) is 7.14. The fourth-order valence-corrected chi connectivity index (χ4v) is 4.00. The smallest absolute Gasteiger partial charge is 0.329 e. The fraction of sp³-hybridized carbons (Fsp3) is 0.684. The third-order valence-corrected chi connectivity index (χ3v) is 5.42. The Bertz CT molecular complexity index is 594. The van der Waals surface area contributed by atoms with E-state index in [-0.39, 0.29) is 12.1 Å². The van der Waals surface area contributed by atoms with Gasteiger partial charge in [-0.1, -0.05) is 50.3 Å². The van der Waals surface area contributed by atoms with E-state index >= 15 is 0 Å². The van der Waals surface area contributed by atoms with Crippen molar-refractivity contribution in [2.75, 3.05) is 11.4 Å². The lowest BCUT2D eigenvalue weighted by molar-refractivity contribution is 0.114. The van der Waals surface area contributed by atoms with Crippen molar-refractivity contribution in [2.24, 2.45) is 0 Å². The Morgan fingerprint density at radius 3 is 2.84 bits per heavy atom. The number of anilines is 1. The van der Waals surface area contributed by atoms with Crippen LogP contribution in [0, 0.1) is 0 Å². The quantitative estimate of drug-likeness (QED) is 0.756. The number of hydrogen-bond donors (Lipinski definition) is 1. The number of urea groups is 1. The van der Waals surface area contributed by atoms with E-state index in [0.29, 0.717) is 18.3 Å². The fourth-order valence-electron chi connectivity index (χ4n) is 4.00. The van der Waals surface area contributed by atoms with Crippen LogP contribution in [0.15, 0.2) is 23.2 Å². The van der Waals surface area contributed by atoms with Crippen LogP contribution in [0.4, 0.5) is 10.7 Å². The number of aromatic nitrogens is 1. The van der Waals surface area contributed by atoms with E-state index in [1.807, 2.05) is 6.07 Å². The van der Waals surface area contributed by atoms with Gasteiger partial charge in [-0.3, -0.25) is 0 Å². The number of hydrogen-bond acceptors (Lipinski definition) is 4. The monoisotopic (exact) mass is 347 g/mol. The average Bonchev–Trinajstić information content (AvgIpc) is 3.19. The summed E-state index contributed by atoms with van der Waals surface area (Å²) in [5.74, 6) is 0.757. The van der Waals surface area contributed by atoms with Crippen molar-refractivity contribution < 1.29 is 14.4 Å². The zero-order valence-electron chi connectivity index (χ0n) is 15.1. The summed E-state index contributed by atoms with van der Waals surface area (Å²) < 4.78 is 5.46. The number of aliphatic hydroxyl groups is 1. The summed E-state index contributed by atoms with van der Waals surface area (Å²) in [7, 11) is 0. The van der Waals surface area contributed by atoms with Gasteiger partial charge in [0.25, 0.3) is 0 Å².